The minimum Gasteiger partial charge on any atom is -0.465 e. The number of aromatic nitrogens is 1. The van der Waals surface area contributed by atoms with Gasteiger partial charge in [-0.2, -0.15) is 0 Å². The fraction of sp³-hybridized carbons (Fsp3) is 0.292. The molecule has 2 aromatic carbocycles. The topological polar surface area (TPSA) is 112 Å². The number of carbonyl (C=O) groups excluding carboxylic acids is 1. The van der Waals surface area contributed by atoms with Crippen LogP contribution in [0.2, 0.25) is 0 Å². The number of ether oxygens (including phenoxy) is 1. The lowest BCUT2D eigenvalue weighted by atomic mass is 10.1. The number of benzene rings is 2. The van der Waals surface area contributed by atoms with E-state index in [1.54, 1.807) is 35.8 Å². The second kappa shape index (κ2) is 10.2. The predicted molar refractivity (Wildman–Crippen MR) is 124 cm³/mol. The molecule has 7 nitrogen and oxygen atoms in total. The number of esters is 1. The van der Waals surface area contributed by atoms with Gasteiger partial charge in [-0.1, -0.05) is 18.2 Å². The van der Waals surface area contributed by atoms with Crippen LogP contribution in [-0.4, -0.2) is 43.5 Å². The lowest BCUT2D eigenvalue weighted by Gasteiger charge is -2.13. The van der Waals surface area contributed by atoms with Crippen LogP contribution in [0.4, 0.5) is 10.1 Å². The van der Waals surface area contributed by atoms with E-state index in [9.17, 15) is 17.6 Å². The number of hydrogen-bond donors (Lipinski definition) is 2. The minimum atomic E-state index is -3.38. The van der Waals surface area contributed by atoms with Crippen molar-refractivity contribution < 1.29 is 27.4 Å². The normalized spacial score (nSPS) is 11.5. The Kier molecular flexibility index (Phi) is 7.55. The van der Waals surface area contributed by atoms with Crippen LogP contribution in [0.3, 0.4) is 0 Å². The molecule has 0 atom stereocenters. The fourth-order valence-electron chi connectivity index (χ4n) is 3.66. The molecule has 0 saturated carbocycles. The number of aliphatic hydroxyl groups is 1. The van der Waals surface area contributed by atoms with Crippen molar-refractivity contribution in [2.45, 2.75) is 31.1 Å². The van der Waals surface area contributed by atoms with Gasteiger partial charge in [-0.25, -0.2) is 12.8 Å². The van der Waals surface area contributed by atoms with Crippen LogP contribution >= 0.6 is 0 Å². The highest BCUT2D eigenvalue weighted by Gasteiger charge is 2.23. The maximum absolute atomic E-state index is 14.0. The lowest BCUT2D eigenvalue weighted by molar-refractivity contribution is -0.143. The summed E-state index contributed by atoms with van der Waals surface area (Å²) in [6, 6.07) is 12.2. The number of hydrogen-bond acceptors (Lipinski definition) is 6. The van der Waals surface area contributed by atoms with Crippen molar-refractivity contribution in [1.29, 1.82) is 0 Å². The fourth-order valence-corrected chi connectivity index (χ4v) is 4.29. The van der Waals surface area contributed by atoms with Gasteiger partial charge >= 0.3 is 5.97 Å². The Hall–Kier alpha value is -3.17. The molecule has 3 aromatic rings. The summed E-state index contributed by atoms with van der Waals surface area (Å²) in [6.45, 7) is 2.01. The maximum Gasteiger partial charge on any atom is 0.310 e. The van der Waals surface area contributed by atoms with Crippen LogP contribution in [-0.2, 0) is 25.8 Å². The summed E-state index contributed by atoms with van der Waals surface area (Å²) in [5, 5.41) is 8.85. The molecule has 0 aliphatic heterocycles. The molecule has 0 aliphatic carbocycles. The molecule has 0 spiro atoms. The number of nitrogens with two attached hydrogens (primary N) is 1. The van der Waals surface area contributed by atoms with Gasteiger partial charge in [0.25, 0.3) is 0 Å². The van der Waals surface area contributed by atoms with Crippen molar-refractivity contribution in [3.63, 3.8) is 0 Å². The Morgan fingerprint density at radius 1 is 1.15 bits per heavy atom. The van der Waals surface area contributed by atoms with E-state index in [2.05, 4.69) is 0 Å². The number of anilines is 1. The third kappa shape index (κ3) is 5.61. The van der Waals surface area contributed by atoms with E-state index in [1.807, 2.05) is 0 Å². The van der Waals surface area contributed by atoms with Crippen LogP contribution in [0, 0.1) is 12.7 Å². The predicted octanol–water partition coefficient (Wildman–Crippen LogP) is 3.44. The summed E-state index contributed by atoms with van der Waals surface area (Å²) in [5.41, 5.74) is 9.68. The van der Waals surface area contributed by atoms with Gasteiger partial charge in [-0.05, 0) is 50.1 Å². The average Bonchev–Trinajstić information content (AvgIpc) is 3.01. The molecule has 0 saturated heterocycles. The summed E-state index contributed by atoms with van der Waals surface area (Å²) < 4.78 is 44.7. The molecule has 0 aliphatic rings. The summed E-state index contributed by atoms with van der Waals surface area (Å²) in [5.74, 6) is -0.888. The number of nitrogens with zero attached hydrogens (tertiary/aromatic N) is 1. The summed E-state index contributed by atoms with van der Waals surface area (Å²) in [4.78, 5) is 12.6. The SMILES string of the molecule is Cc1c(CC(=O)OCCCCO)c(N)c(-c2ccc(S(C)(=O)=O)cc2)n1-c1cccc(F)c1. The zero-order valence-corrected chi connectivity index (χ0v) is 19.4. The molecule has 33 heavy (non-hydrogen) atoms. The van der Waals surface area contributed by atoms with Gasteiger partial charge in [0.2, 0.25) is 0 Å². The highest BCUT2D eigenvalue weighted by Crippen LogP contribution is 2.37. The smallest absolute Gasteiger partial charge is 0.310 e. The number of sulfone groups is 1. The van der Waals surface area contributed by atoms with E-state index < -0.39 is 21.6 Å². The molecule has 3 rings (SSSR count). The molecular formula is C24H27FN2O5S. The van der Waals surface area contributed by atoms with E-state index in [4.69, 9.17) is 15.6 Å². The average molecular weight is 475 g/mol. The third-order valence-corrected chi connectivity index (χ3v) is 6.46. The molecule has 0 radical (unpaired) electrons. The van der Waals surface area contributed by atoms with Gasteiger partial charge in [0.05, 0.1) is 29.3 Å². The Morgan fingerprint density at radius 2 is 1.85 bits per heavy atom. The second-order valence-electron chi connectivity index (χ2n) is 7.77. The minimum absolute atomic E-state index is 0.0293. The van der Waals surface area contributed by atoms with Crippen molar-refractivity contribution >= 4 is 21.5 Å². The van der Waals surface area contributed by atoms with E-state index in [0.29, 0.717) is 46.7 Å². The first-order valence-corrected chi connectivity index (χ1v) is 12.3. The van der Waals surface area contributed by atoms with E-state index in [1.165, 1.54) is 24.3 Å². The molecule has 176 valence electrons. The summed E-state index contributed by atoms with van der Waals surface area (Å²) >= 11 is 0. The van der Waals surface area contributed by atoms with Gasteiger partial charge in [-0.15, -0.1) is 0 Å². The number of unbranched alkanes of at least 4 members (excludes halogenated alkanes) is 1. The Morgan fingerprint density at radius 3 is 2.45 bits per heavy atom. The number of nitrogen functional groups attached to an aromatic ring is 1. The standard InChI is InChI=1S/C24H27FN2O5S/c1-16-21(15-22(29)32-13-4-3-12-28)23(26)24(27(16)19-7-5-6-18(25)14-19)17-8-10-20(11-9-17)33(2,30)31/h5-11,14,28H,3-4,12-13,15,26H2,1-2H3. The van der Waals surface area contributed by atoms with Gasteiger partial charge in [0.15, 0.2) is 9.84 Å². The summed E-state index contributed by atoms with van der Waals surface area (Å²) in [7, 11) is -3.38. The molecule has 9 heteroatoms. The van der Waals surface area contributed by atoms with Gasteiger partial charge in [0.1, 0.15) is 5.82 Å². The number of rotatable bonds is 9. The highest BCUT2D eigenvalue weighted by atomic mass is 32.2. The number of aliphatic hydroxyl groups excluding tert-OH is 1. The first-order valence-electron chi connectivity index (χ1n) is 10.5. The second-order valence-corrected chi connectivity index (χ2v) is 9.78. The van der Waals surface area contributed by atoms with Crippen LogP contribution in [0.25, 0.3) is 16.9 Å². The first-order chi connectivity index (χ1) is 15.6. The van der Waals surface area contributed by atoms with Crippen molar-refractivity contribution in [3.8, 4) is 16.9 Å². The molecule has 0 amide bonds. The molecular weight excluding hydrogens is 447 g/mol. The zero-order chi connectivity index (χ0) is 24.2. The molecule has 3 N–H and O–H groups in total. The lowest BCUT2D eigenvalue weighted by Crippen LogP contribution is -2.11. The van der Waals surface area contributed by atoms with Crippen molar-refractivity contribution in [2.75, 3.05) is 25.2 Å². The van der Waals surface area contributed by atoms with Crippen LogP contribution in [0.15, 0.2) is 53.4 Å². The number of carbonyl (C=O) groups is 1. The molecule has 0 unspecified atom stereocenters. The molecule has 1 heterocycles. The van der Waals surface area contributed by atoms with Gasteiger partial charge in [-0.3, -0.25) is 4.79 Å². The first kappa shape index (κ1) is 24.5. The van der Waals surface area contributed by atoms with E-state index >= 15 is 0 Å². The quantitative estimate of drug-likeness (QED) is 0.363. The van der Waals surface area contributed by atoms with E-state index in [0.717, 1.165) is 6.26 Å². The van der Waals surface area contributed by atoms with Crippen molar-refractivity contribution in [1.82, 2.24) is 4.57 Å². The zero-order valence-electron chi connectivity index (χ0n) is 18.5. The molecule has 1 aromatic heterocycles. The van der Waals surface area contributed by atoms with E-state index in [-0.39, 0.29) is 24.5 Å². The Labute approximate surface area is 192 Å². The Bertz CT molecular complexity index is 1250. The number of halogens is 1. The third-order valence-electron chi connectivity index (χ3n) is 5.33. The summed E-state index contributed by atoms with van der Waals surface area (Å²) in [6.07, 6.45) is 2.14. The van der Waals surface area contributed by atoms with Gasteiger partial charge < -0.3 is 20.1 Å². The van der Waals surface area contributed by atoms with Crippen LogP contribution in [0.1, 0.15) is 24.1 Å². The molecule has 0 fully saturated rings. The Balaban J connectivity index is 2.07. The monoisotopic (exact) mass is 474 g/mol. The van der Waals surface area contributed by atoms with Crippen molar-refractivity contribution in [2.24, 2.45) is 0 Å². The largest absolute Gasteiger partial charge is 0.465 e. The molecule has 0 bridgehead atoms. The highest BCUT2D eigenvalue weighted by molar-refractivity contribution is 7.90. The van der Waals surface area contributed by atoms with Crippen LogP contribution < -0.4 is 5.73 Å². The van der Waals surface area contributed by atoms with Gasteiger partial charge in [0, 0.05) is 35.4 Å². The van der Waals surface area contributed by atoms with Crippen molar-refractivity contribution in [3.05, 3.63) is 65.6 Å². The van der Waals surface area contributed by atoms with Crippen LogP contribution in [0.5, 0.6) is 0 Å². The maximum atomic E-state index is 14.0.